The van der Waals surface area contributed by atoms with Gasteiger partial charge >= 0.3 is 0 Å². The van der Waals surface area contributed by atoms with Gasteiger partial charge in [-0.05, 0) is 30.7 Å². The van der Waals surface area contributed by atoms with E-state index in [2.05, 4.69) is 36.1 Å². The van der Waals surface area contributed by atoms with Crippen LogP contribution in [-0.4, -0.2) is 15.9 Å². The Morgan fingerprint density at radius 3 is 2.56 bits per heavy atom. The van der Waals surface area contributed by atoms with Crippen molar-refractivity contribution in [2.24, 2.45) is 0 Å². The Kier molecular flexibility index (Phi) is 4.79. The van der Waals surface area contributed by atoms with Crippen molar-refractivity contribution in [2.45, 2.75) is 39.0 Å². The lowest BCUT2D eigenvalue weighted by atomic mass is 9.92. The number of anilines is 1. The van der Waals surface area contributed by atoms with Gasteiger partial charge in [-0.25, -0.2) is 0 Å². The van der Waals surface area contributed by atoms with Crippen molar-refractivity contribution in [1.82, 2.24) is 9.97 Å². The zero-order valence-corrected chi connectivity index (χ0v) is 14.9. The number of hydrogen-bond donors (Lipinski definition) is 1. The number of carbonyl (C=O) groups is 1. The van der Waals surface area contributed by atoms with Crippen molar-refractivity contribution in [3.63, 3.8) is 0 Å². The highest BCUT2D eigenvalue weighted by atomic mass is 16.1. The summed E-state index contributed by atoms with van der Waals surface area (Å²) >= 11 is 0. The van der Waals surface area contributed by atoms with Crippen LogP contribution in [0.4, 0.5) is 5.69 Å². The Labute approximate surface area is 148 Å². The highest BCUT2D eigenvalue weighted by Gasteiger charge is 2.15. The van der Waals surface area contributed by atoms with Gasteiger partial charge in [0.1, 0.15) is 0 Å². The van der Waals surface area contributed by atoms with Crippen LogP contribution in [0.15, 0.2) is 54.7 Å². The molecule has 0 saturated carbocycles. The number of hydrogen-bond acceptors (Lipinski definition) is 3. The molecule has 1 aromatic carbocycles. The third kappa shape index (κ3) is 4.41. The number of nitrogens with zero attached hydrogens (tertiary/aromatic N) is 2. The molecule has 25 heavy (non-hydrogen) atoms. The summed E-state index contributed by atoms with van der Waals surface area (Å²) in [7, 11) is 0. The van der Waals surface area contributed by atoms with Crippen LogP contribution in [0, 0.1) is 0 Å². The minimum Gasteiger partial charge on any atom is -0.325 e. The van der Waals surface area contributed by atoms with Gasteiger partial charge in [0.05, 0.1) is 17.4 Å². The number of aryl methyl sites for hydroxylation is 1. The van der Waals surface area contributed by atoms with Crippen LogP contribution in [0.5, 0.6) is 0 Å². The van der Waals surface area contributed by atoms with Gasteiger partial charge in [0.15, 0.2) is 0 Å². The number of fused-ring (bicyclic) bond motifs is 1. The Hall–Kier alpha value is -2.75. The molecule has 1 amide bonds. The molecule has 0 bridgehead atoms. The Morgan fingerprint density at radius 2 is 1.84 bits per heavy atom. The van der Waals surface area contributed by atoms with E-state index in [0.29, 0.717) is 12.8 Å². The van der Waals surface area contributed by atoms with Gasteiger partial charge < -0.3 is 5.32 Å². The molecule has 3 aromatic rings. The lowest BCUT2D eigenvalue weighted by Gasteiger charge is -2.17. The fraction of sp³-hybridized carbons (Fsp3) is 0.286. The summed E-state index contributed by atoms with van der Waals surface area (Å²) in [5, 5.41) is 4.01. The predicted octanol–water partition coefficient (Wildman–Crippen LogP) is 4.50. The highest BCUT2D eigenvalue weighted by Crippen LogP contribution is 2.21. The number of rotatable bonds is 4. The molecule has 0 atom stereocenters. The smallest absolute Gasteiger partial charge is 0.224 e. The number of benzene rings is 1. The molecule has 0 spiro atoms. The van der Waals surface area contributed by atoms with E-state index in [4.69, 9.17) is 0 Å². The fourth-order valence-electron chi connectivity index (χ4n) is 2.62. The van der Waals surface area contributed by atoms with Crippen LogP contribution in [0.3, 0.4) is 0 Å². The summed E-state index contributed by atoms with van der Waals surface area (Å²) in [6.45, 7) is 6.35. The molecule has 4 nitrogen and oxygen atoms in total. The third-order valence-corrected chi connectivity index (χ3v) is 4.08. The van der Waals surface area contributed by atoms with Crippen LogP contribution < -0.4 is 5.32 Å². The fourth-order valence-corrected chi connectivity index (χ4v) is 2.62. The van der Waals surface area contributed by atoms with Gasteiger partial charge in [-0.3, -0.25) is 14.8 Å². The summed E-state index contributed by atoms with van der Waals surface area (Å²) in [5.74, 6) is -0.0275. The first kappa shape index (κ1) is 17.1. The molecule has 0 aliphatic rings. The van der Waals surface area contributed by atoms with Crippen molar-refractivity contribution >= 4 is 22.5 Å². The second-order valence-corrected chi connectivity index (χ2v) is 7.23. The van der Waals surface area contributed by atoms with Crippen LogP contribution >= 0.6 is 0 Å². The van der Waals surface area contributed by atoms with Crippen LogP contribution in [0.25, 0.3) is 10.9 Å². The monoisotopic (exact) mass is 333 g/mol. The molecule has 2 aromatic heterocycles. The third-order valence-electron chi connectivity index (χ3n) is 4.08. The number of carbonyl (C=O) groups excluding carboxylic acids is 1. The maximum Gasteiger partial charge on any atom is 0.224 e. The van der Waals surface area contributed by atoms with Crippen LogP contribution in [0.1, 0.15) is 38.6 Å². The average molecular weight is 333 g/mol. The Morgan fingerprint density at radius 1 is 1.04 bits per heavy atom. The van der Waals surface area contributed by atoms with E-state index >= 15 is 0 Å². The summed E-state index contributed by atoms with van der Waals surface area (Å²) in [6.07, 6.45) is 2.73. The van der Waals surface area contributed by atoms with Crippen molar-refractivity contribution < 1.29 is 4.79 Å². The molecule has 0 saturated heterocycles. The molecule has 128 valence electrons. The van der Waals surface area contributed by atoms with Gasteiger partial charge in [-0.15, -0.1) is 0 Å². The molecular weight excluding hydrogens is 310 g/mol. The Balaban J connectivity index is 1.58. The van der Waals surface area contributed by atoms with Gasteiger partial charge in [0.25, 0.3) is 0 Å². The van der Waals surface area contributed by atoms with Crippen molar-refractivity contribution in [3.8, 4) is 0 Å². The molecule has 1 N–H and O–H groups in total. The summed E-state index contributed by atoms with van der Waals surface area (Å²) in [6, 6.07) is 15.9. The normalized spacial score (nSPS) is 11.5. The van der Waals surface area contributed by atoms with Gasteiger partial charge in [-0.1, -0.05) is 45.0 Å². The van der Waals surface area contributed by atoms with E-state index in [1.54, 1.807) is 6.20 Å². The molecule has 0 aliphatic heterocycles. The molecule has 4 heteroatoms. The SMILES string of the molecule is CC(C)(C)c1ccc(NC(=O)CCc2ccc3ccccc3n2)cn1. The second-order valence-electron chi connectivity index (χ2n) is 7.23. The van der Waals surface area contributed by atoms with Gasteiger partial charge in [0.2, 0.25) is 5.91 Å². The second kappa shape index (κ2) is 7.01. The number of para-hydroxylation sites is 1. The summed E-state index contributed by atoms with van der Waals surface area (Å²) in [4.78, 5) is 21.2. The predicted molar refractivity (Wildman–Crippen MR) is 102 cm³/mol. The maximum atomic E-state index is 12.2. The van der Waals surface area contributed by atoms with E-state index < -0.39 is 0 Å². The standard InChI is InChI=1S/C21H23N3O/c1-21(2,3)19-12-10-17(14-22-19)24-20(25)13-11-16-9-8-15-6-4-5-7-18(15)23-16/h4-10,12,14H,11,13H2,1-3H3,(H,24,25). The van der Waals surface area contributed by atoms with Gasteiger partial charge in [0, 0.05) is 28.6 Å². The molecule has 2 heterocycles. The van der Waals surface area contributed by atoms with Crippen molar-refractivity contribution in [3.05, 3.63) is 66.1 Å². The minimum atomic E-state index is -0.0275. The molecule has 0 unspecified atom stereocenters. The van der Waals surface area contributed by atoms with Crippen molar-refractivity contribution in [1.29, 1.82) is 0 Å². The van der Waals surface area contributed by atoms with Crippen LogP contribution in [-0.2, 0) is 16.6 Å². The molecule has 3 rings (SSSR count). The number of nitrogens with one attached hydrogen (secondary N) is 1. The minimum absolute atomic E-state index is 0.00426. The van der Waals surface area contributed by atoms with E-state index in [0.717, 1.165) is 28.0 Å². The number of aromatic nitrogens is 2. The molecule has 0 radical (unpaired) electrons. The van der Waals surface area contributed by atoms with E-state index in [1.807, 2.05) is 48.5 Å². The number of pyridine rings is 2. The lowest BCUT2D eigenvalue weighted by molar-refractivity contribution is -0.116. The molecule has 0 aliphatic carbocycles. The lowest BCUT2D eigenvalue weighted by Crippen LogP contribution is -2.15. The molecular formula is C21H23N3O. The van der Waals surface area contributed by atoms with Gasteiger partial charge in [-0.2, -0.15) is 0 Å². The average Bonchev–Trinajstić information content (AvgIpc) is 2.59. The molecule has 0 fully saturated rings. The highest BCUT2D eigenvalue weighted by molar-refractivity contribution is 5.90. The van der Waals surface area contributed by atoms with E-state index in [-0.39, 0.29) is 11.3 Å². The first-order valence-electron chi connectivity index (χ1n) is 8.53. The summed E-state index contributed by atoms with van der Waals surface area (Å²) in [5.41, 5.74) is 3.62. The van der Waals surface area contributed by atoms with Crippen molar-refractivity contribution in [2.75, 3.05) is 5.32 Å². The first-order chi connectivity index (χ1) is 11.9. The number of amides is 1. The first-order valence-corrected chi connectivity index (χ1v) is 8.53. The van der Waals surface area contributed by atoms with Crippen LogP contribution in [0.2, 0.25) is 0 Å². The Bertz CT molecular complexity index is 880. The topological polar surface area (TPSA) is 54.9 Å². The zero-order chi connectivity index (χ0) is 17.9. The van der Waals surface area contributed by atoms with E-state index in [1.165, 1.54) is 0 Å². The summed E-state index contributed by atoms with van der Waals surface area (Å²) < 4.78 is 0. The largest absolute Gasteiger partial charge is 0.325 e. The van der Waals surface area contributed by atoms with E-state index in [9.17, 15) is 4.79 Å². The zero-order valence-electron chi connectivity index (χ0n) is 14.9. The maximum absolute atomic E-state index is 12.2. The quantitative estimate of drug-likeness (QED) is 0.765.